The van der Waals surface area contributed by atoms with Crippen LogP contribution in [0, 0.1) is 6.92 Å². The summed E-state index contributed by atoms with van der Waals surface area (Å²) in [6, 6.07) is 14.7. The molecule has 0 heterocycles. The first-order chi connectivity index (χ1) is 9.20. The van der Waals surface area contributed by atoms with Gasteiger partial charge in [-0.05, 0) is 43.3 Å². The zero-order chi connectivity index (χ0) is 13.7. The standard InChI is InChI=1S/C16H18ClNS/c1-3-18-11-14-15(17)5-4-6-16(14)19-13-9-7-12(2)8-10-13/h4-10,18H,3,11H2,1-2H3. The molecule has 19 heavy (non-hydrogen) atoms. The molecule has 100 valence electrons. The summed E-state index contributed by atoms with van der Waals surface area (Å²) in [5.74, 6) is 0. The second-order valence-electron chi connectivity index (χ2n) is 4.41. The van der Waals surface area contributed by atoms with E-state index in [4.69, 9.17) is 11.6 Å². The quantitative estimate of drug-likeness (QED) is 0.840. The van der Waals surface area contributed by atoms with Gasteiger partial charge in [-0.3, -0.25) is 0 Å². The predicted molar refractivity (Wildman–Crippen MR) is 84.1 cm³/mol. The van der Waals surface area contributed by atoms with Crippen molar-refractivity contribution in [1.29, 1.82) is 0 Å². The molecule has 0 bridgehead atoms. The van der Waals surface area contributed by atoms with Gasteiger partial charge in [0.05, 0.1) is 0 Å². The lowest BCUT2D eigenvalue weighted by Gasteiger charge is -2.11. The molecule has 0 saturated heterocycles. The third kappa shape index (κ3) is 4.00. The fourth-order valence-corrected chi connectivity index (χ4v) is 3.06. The first-order valence-corrected chi connectivity index (χ1v) is 7.62. The smallest absolute Gasteiger partial charge is 0.0462 e. The van der Waals surface area contributed by atoms with Crippen LogP contribution in [0.2, 0.25) is 5.02 Å². The Bertz CT molecular complexity index is 537. The van der Waals surface area contributed by atoms with E-state index in [0.29, 0.717) is 0 Å². The maximum Gasteiger partial charge on any atom is 0.0462 e. The van der Waals surface area contributed by atoms with Crippen LogP contribution >= 0.6 is 23.4 Å². The Balaban J connectivity index is 2.23. The second kappa shape index (κ2) is 6.99. The van der Waals surface area contributed by atoms with Gasteiger partial charge in [0.25, 0.3) is 0 Å². The number of hydrogen-bond donors (Lipinski definition) is 1. The van der Waals surface area contributed by atoms with E-state index >= 15 is 0 Å². The highest BCUT2D eigenvalue weighted by atomic mass is 35.5. The van der Waals surface area contributed by atoms with E-state index in [-0.39, 0.29) is 0 Å². The van der Waals surface area contributed by atoms with Crippen LogP contribution in [0.15, 0.2) is 52.3 Å². The fraction of sp³-hybridized carbons (Fsp3) is 0.250. The lowest BCUT2D eigenvalue weighted by Crippen LogP contribution is -2.12. The van der Waals surface area contributed by atoms with Gasteiger partial charge in [0.1, 0.15) is 0 Å². The molecule has 0 aliphatic heterocycles. The van der Waals surface area contributed by atoms with E-state index in [2.05, 4.69) is 49.5 Å². The molecule has 0 aliphatic rings. The van der Waals surface area contributed by atoms with Crippen molar-refractivity contribution >= 4 is 23.4 Å². The summed E-state index contributed by atoms with van der Waals surface area (Å²) >= 11 is 8.07. The number of nitrogens with one attached hydrogen (secondary N) is 1. The van der Waals surface area contributed by atoms with Crippen LogP contribution in [0.4, 0.5) is 0 Å². The minimum atomic E-state index is 0.810. The molecule has 0 amide bonds. The van der Waals surface area contributed by atoms with Crippen LogP contribution in [0.25, 0.3) is 0 Å². The van der Waals surface area contributed by atoms with Crippen LogP contribution in [0.5, 0.6) is 0 Å². The van der Waals surface area contributed by atoms with Crippen LogP contribution in [-0.4, -0.2) is 6.54 Å². The monoisotopic (exact) mass is 291 g/mol. The molecule has 2 rings (SSSR count). The molecule has 0 aromatic heterocycles. The Morgan fingerprint density at radius 2 is 1.84 bits per heavy atom. The van der Waals surface area contributed by atoms with Crippen molar-refractivity contribution in [1.82, 2.24) is 5.32 Å². The number of aryl methyl sites for hydroxylation is 1. The molecule has 1 nitrogen and oxygen atoms in total. The predicted octanol–water partition coefficient (Wildman–Crippen LogP) is 4.91. The molecule has 0 spiro atoms. The summed E-state index contributed by atoms with van der Waals surface area (Å²) in [6.45, 7) is 5.96. The van der Waals surface area contributed by atoms with Crippen LogP contribution in [0.3, 0.4) is 0 Å². The number of rotatable bonds is 5. The molecular formula is C16H18ClNS. The van der Waals surface area contributed by atoms with Gasteiger partial charge in [0, 0.05) is 21.4 Å². The van der Waals surface area contributed by atoms with E-state index in [1.807, 2.05) is 12.1 Å². The van der Waals surface area contributed by atoms with E-state index in [0.717, 1.165) is 18.1 Å². The molecule has 0 radical (unpaired) electrons. The molecule has 3 heteroatoms. The Kier molecular flexibility index (Phi) is 5.32. The van der Waals surface area contributed by atoms with Gasteiger partial charge in [-0.2, -0.15) is 0 Å². The summed E-state index contributed by atoms with van der Waals surface area (Å²) in [5.41, 5.74) is 2.46. The molecule has 2 aromatic rings. The minimum Gasteiger partial charge on any atom is -0.313 e. The van der Waals surface area contributed by atoms with Crippen molar-refractivity contribution in [2.45, 2.75) is 30.2 Å². The zero-order valence-corrected chi connectivity index (χ0v) is 12.8. The molecule has 0 fully saturated rings. The van der Waals surface area contributed by atoms with Crippen LogP contribution in [-0.2, 0) is 6.54 Å². The van der Waals surface area contributed by atoms with Crippen molar-refractivity contribution in [2.24, 2.45) is 0 Å². The van der Waals surface area contributed by atoms with E-state index in [1.165, 1.54) is 20.9 Å². The van der Waals surface area contributed by atoms with Crippen LogP contribution in [0.1, 0.15) is 18.1 Å². The largest absolute Gasteiger partial charge is 0.313 e. The highest BCUT2D eigenvalue weighted by Gasteiger charge is 2.08. The average Bonchev–Trinajstić information content (AvgIpc) is 2.41. The van der Waals surface area contributed by atoms with Gasteiger partial charge < -0.3 is 5.32 Å². The molecule has 0 atom stereocenters. The zero-order valence-electron chi connectivity index (χ0n) is 11.2. The Morgan fingerprint density at radius 3 is 2.53 bits per heavy atom. The fourth-order valence-electron chi connectivity index (χ4n) is 1.79. The highest BCUT2D eigenvalue weighted by molar-refractivity contribution is 7.99. The summed E-state index contributed by atoms with van der Waals surface area (Å²) in [5, 5.41) is 4.17. The van der Waals surface area contributed by atoms with Crippen molar-refractivity contribution < 1.29 is 0 Å². The van der Waals surface area contributed by atoms with Crippen molar-refractivity contribution in [3.8, 4) is 0 Å². The van der Waals surface area contributed by atoms with E-state index < -0.39 is 0 Å². The topological polar surface area (TPSA) is 12.0 Å². The van der Waals surface area contributed by atoms with E-state index in [1.54, 1.807) is 11.8 Å². The maximum absolute atomic E-state index is 6.30. The Morgan fingerprint density at radius 1 is 1.11 bits per heavy atom. The lowest BCUT2D eigenvalue weighted by molar-refractivity contribution is 0.718. The molecule has 2 aromatic carbocycles. The molecule has 1 N–H and O–H groups in total. The van der Waals surface area contributed by atoms with Gasteiger partial charge in [-0.15, -0.1) is 0 Å². The summed E-state index contributed by atoms with van der Waals surface area (Å²) in [6.07, 6.45) is 0. The van der Waals surface area contributed by atoms with Crippen LogP contribution < -0.4 is 5.32 Å². The summed E-state index contributed by atoms with van der Waals surface area (Å²) < 4.78 is 0. The maximum atomic E-state index is 6.30. The van der Waals surface area contributed by atoms with Crippen molar-refractivity contribution in [2.75, 3.05) is 6.54 Å². The normalized spacial score (nSPS) is 10.7. The lowest BCUT2D eigenvalue weighted by atomic mass is 10.2. The SMILES string of the molecule is CCNCc1c(Cl)cccc1Sc1ccc(C)cc1. The van der Waals surface area contributed by atoms with Gasteiger partial charge in [-0.1, -0.05) is 54.0 Å². The third-order valence-electron chi connectivity index (χ3n) is 2.88. The Hall–Kier alpha value is -0.960. The van der Waals surface area contributed by atoms with E-state index in [9.17, 15) is 0 Å². The number of hydrogen-bond acceptors (Lipinski definition) is 2. The average molecular weight is 292 g/mol. The Labute approximate surface area is 124 Å². The van der Waals surface area contributed by atoms with Gasteiger partial charge in [0.2, 0.25) is 0 Å². The first-order valence-electron chi connectivity index (χ1n) is 6.43. The number of halogens is 1. The molecule has 0 unspecified atom stereocenters. The second-order valence-corrected chi connectivity index (χ2v) is 5.93. The van der Waals surface area contributed by atoms with Crippen molar-refractivity contribution in [3.63, 3.8) is 0 Å². The third-order valence-corrected chi connectivity index (χ3v) is 4.34. The van der Waals surface area contributed by atoms with Gasteiger partial charge in [-0.25, -0.2) is 0 Å². The van der Waals surface area contributed by atoms with Gasteiger partial charge >= 0.3 is 0 Å². The summed E-state index contributed by atoms with van der Waals surface area (Å²) in [4.78, 5) is 2.46. The highest BCUT2D eigenvalue weighted by Crippen LogP contribution is 2.33. The molecule has 0 saturated carbocycles. The minimum absolute atomic E-state index is 0.810. The summed E-state index contributed by atoms with van der Waals surface area (Å²) in [7, 11) is 0. The number of benzene rings is 2. The first kappa shape index (κ1) is 14.4. The molecule has 0 aliphatic carbocycles. The van der Waals surface area contributed by atoms with Gasteiger partial charge in [0.15, 0.2) is 0 Å². The molecular weight excluding hydrogens is 274 g/mol. The van der Waals surface area contributed by atoms with Crippen molar-refractivity contribution in [3.05, 3.63) is 58.6 Å².